The highest BCUT2D eigenvalue weighted by atomic mass is 16.5. The Labute approximate surface area is 84.1 Å². The van der Waals surface area contributed by atoms with E-state index in [1.807, 2.05) is 7.05 Å². The van der Waals surface area contributed by atoms with E-state index in [2.05, 4.69) is 15.3 Å². The van der Waals surface area contributed by atoms with Gasteiger partial charge in [0.1, 0.15) is 0 Å². The summed E-state index contributed by atoms with van der Waals surface area (Å²) in [6.45, 7) is 2.61. The lowest BCUT2D eigenvalue weighted by molar-refractivity contribution is 0.0844. The molecule has 1 fully saturated rings. The van der Waals surface area contributed by atoms with E-state index in [0.717, 1.165) is 32.6 Å². The molecule has 0 bridgehead atoms. The number of rotatable bonds is 3. The zero-order valence-electron chi connectivity index (χ0n) is 8.55. The van der Waals surface area contributed by atoms with Crippen molar-refractivity contribution in [1.82, 2.24) is 15.3 Å². The third kappa shape index (κ3) is 1.96. The van der Waals surface area contributed by atoms with Crippen LogP contribution in [-0.2, 0) is 11.3 Å². The van der Waals surface area contributed by atoms with Crippen molar-refractivity contribution in [3.05, 3.63) is 17.7 Å². The lowest BCUT2D eigenvalue weighted by Crippen LogP contribution is -2.17. The summed E-state index contributed by atoms with van der Waals surface area (Å²) in [5, 5.41) is 3.15. The van der Waals surface area contributed by atoms with Crippen LogP contribution in [0.25, 0.3) is 0 Å². The summed E-state index contributed by atoms with van der Waals surface area (Å²) in [4.78, 5) is 7.60. The van der Waals surface area contributed by atoms with E-state index in [4.69, 9.17) is 4.74 Å². The molecule has 1 aliphatic heterocycles. The highest BCUT2D eigenvalue weighted by Gasteiger charge is 2.20. The number of aromatic amines is 1. The van der Waals surface area contributed by atoms with Crippen molar-refractivity contribution in [3.8, 4) is 0 Å². The monoisotopic (exact) mass is 195 g/mol. The minimum Gasteiger partial charge on any atom is -0.381 e. The Bertz CT molecular complexity index is 279. The molecule has 2 N–H and O–H groups in total. The minimum absolute atomic E-state index is 0.582. The summed E-state index contributed by atoms with van der Waals surface area (Å²) in [5.74, 6) is 0.582. The molecule has 2 heterocycles. The van der Waals surface area contributed by atoms with Gasteiger partial charge in [-0.05, 0) is 19.9 Å². The third-order valence-corrected chi connectivity index (χ3v) is 2.71. The van der Waals surface area contributed by atoms with E-state index in [9.17, 15) is 0 Å². The van der Waals surface area contributed by atoms with Crippen LogP contribution >= 0.6 is 0 Å². The summed E-state index contributed by atoms with van der Waals surface area (Å²) in [5.41, 5.74) is 2.45. The zero-order valence-corrected chi connectivity index (χ0v) is 8.55. The second-order valence-corrected chi connectivity index (χ2v) is 3.68. The Hall–Kier alpha value is -0.870. The summed E-state index contributed by atoms with van der Waals surface area (Å²) in [7, 11) is 1.95. The number of aromatic nitrogens is 2. The maximum atomic E-state index is 5.34. The van der Waals surface area contributed by atoms with Gasteiger partial charge in [-0.1, -0.05) is 0 Å². The van der Waals surface area contributed by atoms with E-state index >= 15 is 0 Å². The van der Waals surface area contributed by atoms with Gasteiger partial charge in [-0.3, -0.25) is 0 Å². The van der Waals surface area contributed by atoms with Gasteiger partial charge in [0.25, 0.3) is 0 Å². The molecule has 0 saturated carbocycles. The molecule has 0 aromatic carbocycles. The molecule has 1 aliphatic rings. The molecule has 4 nitrogen and oxygen atoms in total. The summed E-state index contributed by atoms with van der Waals surface area (Å²) in [6, 6.07) is 0. The summed E-state index contributed by atoms with van der Waals surface area (Å²) >= 11 is 0. The van der Waals surface area contributed by atoms with Crippen LogP contribution in [-0.4, -0.2) is 30.2 Å². The predicted molar refractivity (Wildman–Crippen MR) is 54.1 cm³/mol. The molecule has 1 saturated heterocycles. The van der Waals surface area contributed by atoms with Crippen LogP contribution in [0, 0.1) is 0 Å². The number of nitrogens with one attached hydrogen (secondary N) is 2. The Morgan fingerprint density at radius 3 is 3.07 bits per heavy atom. The van der Waals surface area contributed by atoms with Crippen LogP contribution in [0.5, 0.6) is 0 Å². The van der Waals surface area contributed by atoms with Gasteiger partial charge in [0.05, 0.1) is 17.7 Å². The van der Waals surface area contributed by atoms with Gasteiger partial charge in [0.15, 0.2) is 0 Å². The minimum atomic E-state index is 0.582. The maximum absolute atomic E-state index is 5.34. The Morgan fingerprint density at radius 2 is 2.36 bits per heavy atom. The van der Waals surface area contributed by atoms with Crippen molar-refractivity contribution in [3.63, 3.8) is 0 Å². The molecule has 0 unspecified atom stereocenters. The lowest BCUT2D eigenvalue weighted by Gasteiger charge is -2.21. The van der Waals surface area contributed by atoms with Crippen LogP contribution in [0.2, 0.25) is 0 Å². The fourth-order valence-corrected chi connectivity index (χ4v) is 1.97. The Kier molecular flexibility index (Phi) is 3.16. The fourth-order valence-electron chi connectivity index (χ4n) is 1.97. The van der Waals surface area contributed by atoms with Crippen molar-refractivity contribution >= 4 is 0 Å². The maximum Gasteiger partial charge on any atom is 0.0925 e. The number of hydrogen-bond acceptors (Lipinski definition) is 3. The van der Waals surface area contributed by atoms with Gasteiger partial charge < -0.3 is 15.0 Å². The van der Waals surface area contributed by atoms with Crippen LogP contribution in [0.3, 0.4) is 0 Å². The van der Waals surface area contributed by atoms with Crippen LogP contribution in [0.15, 0.2) is 6.33 Å². The molecular weight excluding hydrogens is 178 g/mol. The number of hydrogen-bond donors (Lipinski definition) is 2. The topological polar surface area (TPSA) is 49.9 Å². The number of H-pyrrole nitrogens is 1. The second kappa shape index (κ2) is 4.57. The third-order valence-electron chi connectivity index (χ3n) is 2.71. The molecule has 14 heavy (non-hydrogen) atoms. The molecule has 1 aromatic rings. The predicted octanol–water partition coefficient (Wildman–Crippen LogP) is 1.02. The van der Waals surface area contributed by atoms with Crippen molar-refractivity contribution < 1.29 is 4.74 Å². The van der Waals surface area contributed by atoms with Gasteiger partial charge >= 0.3 is 0 Å². The second-order valence-electron chi connectivity index (χ2n) is 3.68. The van der Waals surface area contributed by atoms with Crippen molar-refractivity contribution in [2.45, 2.75) is 25.3 Å². The summed E-state index contributed by atoms with van der Waals surface area (Å²) < 4.78 is 5.34. The van der Waals surface area contributed by atoms with Crippen molar-refractivity contribution in [2.75, 3.05) is 20.3 Å². The average molecular weight is 195 g/mol. The number of ether oxygens (including phenoxy) is 1. The molecule has 0 radical (unpaired) electrons. The van der Waals surface area contributed by atoms with Crippen molar-refractivity contribution in [2.24, 2.45) is 0 Å². The Morgan fingerprint density at radius 1 is 1.57 bits per heavy atom. The molecule has 0 aliphatic carbocycles. The molecule has 0 atom stereocenters. The molecule has 1 aromatic heterocycles. The first-order chi connectivity index (χ1) is 6.92. The van der Waals surface area contributed by atoms with E-state index in [-0.39, 0.29) is 0 Å². The molecule has 4 heteroatoms. The number of nitrogens with zero attached hydrogens (tertiary/aromatic N) is 1. The summed E-state index contributed by atoms with van der Waals surface area (Å²) in [6.07, 6.45) is 3.99. The molecular formula is C10H17N3O. The van der Waals surface area contributed by atoms with E-state index in [1.54, 1.807) is 6.33 Å². The zero-order chi connectivity index (χ0) is 9.80. The van der Waals surface area contributed by atoms with E-state index < -0.39 is 0 Å². The Balaban J connectivity index is 2.09. The highest BCUT2D eigenvalue weighted by Crippen LogP contribution is 2.27. The lowest BCUT2D eigenvalue weighted by atomic mass is 9.95. The normalized spacial score (nSPS) is 18.6. The van der Waals surface area contributed by atoms with Crippen LogP contribution in [0.1, 0.15) is 30.1 Å². The first-order valence-corrected chi connectivity index (χ1v) is 5.16. The first kappa shape index (κ1) is 9.68. The van der Waals surface area contributed by atoms with E-state index in [1.165, 1.54) is 11.4 Å². The number of imidazole rings is 1. The van der Waals surface area contributed by atoms with Crippen LogP contribution in [0.4, 0.5) is 0 Å². The largest absolute Gasteiger partial charge is 0.381 e. The first-order valence-electron chi connectivity index (χ1n) is 5.16. The molecule has 2 rings (SSSR count). The van der Waals surface area contributed by atoms with Gasteiger partial charge in [-0.2, -0.15) is 0 Å². The van der Waals surface area contributed by atoms with Gasteiger partial charge in [0, 0.05) is 25.7 Å². The van der Waals surface area contributed by atoms with Gasteiger partial charge in [-0.25, -0.2) is 4.98 Å². The standard InChI is InChI=1S/C10H17N3O/c1-11-6-9-10(13-7-12-9)8-2-4-14-5-3-8/h7-8,11H,2-6H2,1H3,(H,12,13). The van der Waals surface area contributed by atoms with Crippen molar-refractivity contribution in [1.29, 1.82) is 0 Å². The smallest absolute Gasteiger partial charge is 0.0925 e. The quantitative estimate of drug-likeness (QED) is 0.757. The molecule has 78 valence electrons. The average Bonchev–Trinajstić information content (AvgIpc) is 2.68. The highest BCUT2D eigenvalue weighted by molar-refractivity contribution is 5.16. The van der Waals surface area contributed by atoms with Gasteiger partial charge in [0.2, 0.25) is 0 Å². The van der Waals surface area contributed by atoms with E-state index in [0.29, 0.717) is 5.92 Å². The fraction of sp³-hybridized carbons (Fsp3) is 0.700. The van der Waals surface area contributed by atoms with Gasteiger partial charge in [-0.15, -0.1) is 0 Å². The van der Waals surface area contributed by atoms with Crippen LogP contribution < -0.4 is 5.32 Å². The molecule has 0 amide bonds. The SMILES string of the molecule is CNCc1[nH]cnc1C1CCOCC1. The molecule has 0 spiro atoms.